The van der Waals surface area contributed by atoms with Crippen LogP contribution in [0.2, 0.25) is 0 Å². The second-order valence-corrected chi connectivity index (χ2v) is 15.7. The van der Waals surface area contributed by atoms with Crippen molar-refractivity contribution in [3.63, 3.8) is 0 Å². The molecule has 4 heteroatoms. The summed E-state index contributed by atoms with van der Waals surface area (Å²) in [6.45, 7) is 16.4. The average Bonchev–Trinajstić information content (AvgIpc) is 3.59. The Morgan fingerprint density at radius 3 is 2.49 bits per heavy atom. The van der Waals surface area contributed by atoms with Gasteiger partial charge in [-0.1, -0.05) is 84.8 Å². The van der Waals surface area contributed by atoms with E-state index in [4.69, 9.17) is 4.42 Å². The van der Waals surface area contributed by atoms with Gasteiger partial charge in [-0.15, -0.1) is 12.5 Å². The molecule has 0 saturated heterocycles. The van der Waals surface area contributed by atoms with Gasteiger partial charge in [-0.3, -0.25) is 4.79 Å². The van der Waals surface area contributed by atoms with Crippen LogP contribution < -0.4 is 56.7 Å². The Labute approximate surface area is 305 Å². The molecule has 1 heterocycles. The maximum Gasteiger partial charge on any atom is 1.00 e. The predicted octanol–water partition coefficient (Wildman–Crippen LogP) is 7.70. The summed E-state index contributed by atoms with van der Waals surface area (Å²) >= 11 is 0. The van der Waals surface area contributed by atoms with Gasteiger partial charge in [-0.2, -0.15) is 12.3 Å². The first-order chi connectivity index (χ1) is 19.6. The number of fused-ring (bicyclic) bond motifs is 8. The van der Waals surface area contributed by atoms with Crippen LogP contribution in [0.15, 0.2) is 47.6 Å². The average molecular weight is 612 g/mol. The molecular weight excluding hydrogens is 554 g/mol. The molecule has 1 amide bonds. The number of benzene rings is 1. The fraction of sp³-hybridized carbons (Fsp3) is 0.692. The monoisotopic (exact) mass is 611 g/mol. The molecule has 7 unspecified atom stereocenters. The molecule has 5 aliphatic carbocycles. The third kappa shape index (κ3) is 5.85. The van der Waals surface area contributed by atoms with E-state index in [1.807, 2.05) is 25.0 Å². The fourth-order valence-electron chi connectivity index (χ4n) is 11.8. The summed E-state index contributed by atoms with van der Waals surface area (Å²) in [7, 11) is 0. The smallest absolute Gasteiger partial charge is 0.464 e. The third-order valence-corrected chi connectivity index (χ3v) is 13.3. The molecule has 1 aromatic carbocycles. The molecule has 0 aliphatic heterocycles. The van der Waals surface area contributed by atoms with Gasteiger partial charge >= 0.3 is 51.4 Å². The fourth-order valence-corrected chi connectivity index (χ4v) is 11.8. The summed E-state index contributed by atoms with van der Waals surface area (Å²) in [5.74, 6) is 5.11. The molecule has 43 heavy (non-hydrogen) atoms. The molecule has 5 aliphatic rings. The molecule has 0 bridgehead atoms. The first-order valence-corrected chi connectivity index (χ1v) is 16.8. The van der Waals surface area contributed by atoms with Crippen LogP contribution in [0, 0.1) is 51.2 Å². The van der Waals surface area contributed by atoms with E-state index in [1.165, 1.54) is 64.2 Å². The van der Waals surface area contributed by atoms with E-state index in [0.717, 1.165) is 47.1 Å². The molecule has 0 radical (unpaired) electrons. The summed E-state index contributed by atoms with van der Waals surface area (Å²) < 4.78 is 5.50. The van der Waals surface area contributed by atoms with Crippen LogP contribution in [0.4, 0.5) is 0 Å². The zero-order valence-electron chi connectivity index (χ0n) is 27.5. The Hall–Kier alpha value is -0.394. The van der Waals surface area contributed by atoms with Crippen LogP contribution in [0.1, 0.15) is 125 Å². The number of carbonyl (C=O) groups excluding carboxylic acids is 1. The number of allylic oxidation sites excluding steroid dienone is 1. The number of rotatable bonds is 3. The minimum Gasteiger partial charge on any atom is -0.464 e. The largest absolute Gasteiger partial charge is 1.00 e. The molecule has 0 spiro atoms. The van der Waals surface area contributed by atoms with Crippen LogP contribution in [0.5, 0.6) is 0 Å². The maximum absolute atomic E-state index is 14.0. The van der Waals surface area contributed by atoms with Crippen molar-refractivity contribution in [3.05, 3.63) is 54.7 Å². The summed E-state index contributed by atoms with van der Waals surface area (Å²) in [4.78, 5) is 14.0. The minimum absolute atomic E-state index is 0. The first-order valence-electron chi connectivity index (χ1n) is 16.8. The maximum atomic E-state index is 14.0. The third-order valence-electron chi connectivity index (χ3n) is 13.3. The summed E-state index contributed by atoms with van der Waals surface area (Å²) in [6.07, 6.45) is 19.0. The van der Waals surface area contributed by atoms with E-state index < -0.39 is 0 Å². The van der Waals surface area contributed by atoms with Crippen molar-refractivity contribution in [2.75, 3.05) is 0 Å². The van der Waals surface area contributed by atoms with E-state index in [0.29, 0.717) is 34.6 Å². The van der Waals surface area contributed by atoms with Gasteiger partial charge in [-0.25, -0.2) is 0 Å². The Kier molecular flexibility index (Phi) is 11.0. The van der Waals surface area contributed by atoms with Crippen molar-refractivity contribution in [1.29, 1.82) is 0 Å². The zero-order chi connectivity index (χ0) is 29.0. The normalized spacial score (nSPS) is 37.5. The van der Waals surface area contributed by atoms with Crippen LogP contribution in [-0.4, -0.2) is 5.91 Å². The number of furan rings is 1. The molecule has 7 rings (SSSR count). The zero-order valence-corrected chi connectivity index (χ0v) is 30.6. The molecule has 7 atom stereocenters. The van der Waals surface area contributed by atoms with E-state index in [-0.39, 0.29) is 64.2 Å². The van der Waals surface area contributed by atoms with Gasteiger partial charge in [0.25, 0.3) is 0 Å². The number of nitrogens with one attached hydrogen (secondary N) is 1. The van der Waals surface area contributed by atoms with Crippen molar-refractivity contribution >= 4 is 16.9 Å². The van der Waals surface area contributed by atoms with Crippen molar-refractivity contribution in [1.82, 2.24) is 5.32 Å². The van der Waals surface area contributed by atoms with Crippen LogP contribution >= 0.6 is 0 Å². The quantitative estimate of drug-likeness (QED) is 0.220. The van der Waals surface area contributed by atoms with E-state index in [2.05, 4.69) is 51.7 Å². The molecule has 1 aromatic heterocycles. The van der Waals surface area contributed by atoms with Crippen molar-refractivity contribution < 1.29 is 60.6 Å². The Bertz CT molecular complexity index is 1280. The molecule has 3 nitrogen and oxygen atoms in total. The van der Waals surface area contributed by atoms with Crippen molar-refractivity contribution in [3.8, 4) is 0 Å². The van der Waals surface area contributed by atoms with Gasteiger partial charge in [-0.05, 0) is 91.9 Å². The van der Waals surface area contributed by atoms with Gasteiger partial charge in [0.05, 0.1) is 6.26 Å². The van der Waals surface area contributed by atoms with Crippen molar-refractivity contribution in [2.24, 2.45) is 45.3 Å². The Morgan fingerprint density at radius 1 is 0.953 bits per heavy atom. The van der Waals surface area contributed by atoms with Gasteiger partial charge < -0.3 is 15.7 Å². The predicted molar refractivity (Wildman–Crippen MR) is 176 cm³/mol. The van der Waals surface area contributed by atoms with Crippen LogP contribution in [-0.2, 0) is 11.3 Å². The van der Waals surface area contributed by atoms with Crippen LogP contribution in [0.25, 0.3) is 11.0 Å². The van der Waals surface area contributed by atoms with E-state index in [1.54, 1.807) is 12.3 Å². The van der Waals surface area contributed by atoms with Gasteiger partial charge in [0.1, 0.15) is 5.58 Å². The Morgan fingerprint density at radius 2 is 1.72 bits per heavy atom. The standard InChI is InChI=1S/C35H48NO2.C3H6.CH4.K/c1-32(2)15-6-16-34(4)29(32)13-18-33(3)26-12-19-35(17-5-7-27(35)25(26)9-11-30(33)34)31(37)36-22-23-8-10-28-24(21-23)14-20-38-28;1-3-2;;/h8,10,14,20-21,26-27,29-30H,5-7,9,11-13,15-19,22H2,1-4H3,(H,36,37);3H,1H2,2H3;1H4;/q-1;;;+1. The SMILES string of the molecule is C.C=CC.CC1(C)CCCC2(C)C1CCC1(C)C3CCC4(C(=O)NCc5ccc6occc6c5)CCCC4[C-]3CCC12.[K+]. The van der Waals surface area contributed by atoms with E-state index >= 15 is 0 Å². The molecule has 232 valence electrons. The van der Waals surface area contributed by atoms with Gasteiger partial charge in [0, 0.05) is 17.3 Å². The van der Waals surface area contributed by atoms with E-state index in [9.17, 15) is 4.79 Å². The number of hydrogen-bond acceptors (Lipinski definition) is 2. The summed E-state index contributed by atoms with van der Waals surface area (Å²) in [6, 6.07) is 8.27. The van der Waals surface area contributed by atoms with Gasteiger partial charge in [0.15, 0.2) is 0 Å². The van der Waals surface area contributed by atoms with Crippen LogP contribution in [0.3, 0.4) is 0 Å². The second kappa shape index (κ2) is 13.4. The van der Waals surface area contributed by atoms with Crippen molar-refractivity contribution in [2.45, 2.75) is 126 Å². The number of carbonyl (C=O) groups is 1. The minimum atomic E-state index is -0.164. The molecule has 1 N–H and O–H groups in total. The second-order valence-electron chi connectivity index (χ2n) is 15.7. The van der Waals surface area contributed by atoms with Gasteiger partial charge in [0.2, 0.25) is 5.91 Å². The Balaban J connectivity index is 0.000000814. The molecular formula is C39H58KNO2. The summed E-state index contributed by atoms with van der Waals surface area (Å²) in [5, 5.41) is 4.53. The topological polar surface area (TPSA) is 42.2 Å². The molecule has 2 aromatic rings. The number of hydrogen-bond donors (Lipinski definition) is 1. The number of amides is 1. The summed E-state index contributed by atoms with van der Waals surface area (Å²) in [5.41, 5.74) is 3.32. The molecule has 5 fully saturated rings. The molecule has 5 saturated carbocycles. The first kappa shape index (κ1) is 35.5.